The van der Waals surface area contributed by atoms with Crippen molar-refractivity contribution in [2.24, 2.45) is 0 Å². The second-order valence-corrected chi connectivity index (χ2v) is 5.47. The molecule has 1 aromatic carbocycles. The lowest BCUT2D eigenvalue weighted by molar-refractivity contribution is -0.125. The molecule has 1 fully saturated rings. The number of carbonyl (C=O) groups excluding carboxylic acids is 2. The van der Waals surface area contributed by atoms with Gasteiger partial charge in [-0.2, -0.15) is 0 Å². The molecule has 126 valence electrons. The Labute approximate surface area is 136 Å². The van der Waals surface area contributed by atoms with Gasteiger partial charge in [-0.3, -0.25) is 9.59 Å². The molecule has 23 heavy (non-hydrogen) atoms. The summed E-state index contributed by atoms with van der Waals surface area (Å²) in [5.74, 6) is 1.34. The molecule has 2 N–H and O–H groups in total. The number of benzene rings is 1. The minimum Gasteiger partial charge on any atom is -0.494 e. The smallest absolute Gasteiger partial charge is 0.242 e. The van der Waals surface area contributed by atoms with Crippen molar-refractivity contribution in [3.8, 4) is 11.5 Å². The molecule has 0 radical (unpaired) electrons. The van der Waals surface area contributed by atoms with Gasteiger partial charge in [0.1, 0.15) is 24.1 Å². The second kappa shape index (κ2) is 9.02. The van der Waals surface area contributed by atoms with E-state index in [1.54, 1.807) is 0 Å². The first-order valence-corrected chi connectivity index (χ1v) is 8.12. The standard InChI is InChI=1S/C17H24N2O4/c1-2-3-11-22-13-4-6-14(7-5-13)23-12-10-18-17(21)15-8-9-16(20)19-15/h4-7,15H,2-3,8-12H2,1H3,(H,18,21)(H,19,20)/t15-/m0/s1. The zero-order chi connectivity index (χ0) is 16.5. The quantitative estimate of drug-likeness (QED) is 0.678. The van der Waals surface area contributed by atoms with Gasteiger partial charge in [-0.15, -0.1) is 0 Å². The predicted molar refractivity (Wildman–Crippen MR) is 86.5 cm³/mol. The van der Waals surface area contributed by atoms with Crippen LogP contribution in [0.3, 0.4) is 0 Å². The van der Waals surface area contributed by atoms with Crippen LogP contribution in [0.2, 0.25) is 0 Å². The average molecular weight is 320 g/mol. The molecule has 1 aromatic rings. The molecule has 1 saturated heterocycles. The van der Waals surface area contributed by atoms with Crippen LogP contribution >= 0.6 is 0 Å². The Kier molecular flexibility index (Phi) is 6.72. The molecule has 6 nitrogen and oxygen atoms in total. The zero-order valence-corrected chi connectivity index (χ0v) is 13.5. The molecule has 0 bridgehead atoms. The fraction of sp³-hybridized carbons (Fsp3) is 0.529. The number of hydrogen-bond acceptors (Lipinski definition) is 4. The number of nitrogens with one attached hydrogen (secondary N) is 2. The van der Waals surface area contributed by atoms with E-state index < -0.39 is 6.04 Å². The molecule has 0 aromatic heterocycles. The molecule has 2 amide bonds. The van der Waals surface area contributed by atoms with Crippen LogP contribution < -0.4 is 20.1 Å². The fourth-order valence-corrected chi connectivity index (χ4v) is 2.24. The van der Waals surface area contributed by atoms with Crippen molar-refractivity contribution in [2.45, 2.75) is 38.6 Å². The van der Waals surface area contributed by atoms with Crippen LogP contribution in [-0.2, 0) is 9.59 Å². The van der Waals surface area contributed by atoms with Gasteiger partial charge in [0.25, 0.3) is 0 Å². The third-order valence-electron chi connectivity index (χ3n) is 3.57. The Morgan fingerprint density at radius 2 is 1.87 bits per heavy atom. The van der Waals surface area contributed by atoms with Crippen LogP contribution in [0.1, 0.15) is 32.6 Å². The van der Waals surface area contributed by atoms with E-state index in [0.717, 1.165) is 30.9 Å². The minimum atomic E-state index is -0.401. The van der Waals surface area contributed by atoms with Crippen molar-refractivity contribution < 1.29 is 19.1 Å². The van der Waals surface area contributed by atoms with Crippen molar-refractivity contribution in [3.63, 3.8) is 0 Å². The molecule has 0 saturated carbocycles. The first-order valence-electron chi connectivity index (χ1n) is 8.12. The normalized spacial score (nSPS) is 16.7. The van der Waals surface area contributed by atoms with Gasteiger partial charge in [0.05, 0.1) is 13.2 Å². The molecule has 1 atom stereocenters. The van der Waals surface area contributed by atoms with Gasteiger partial charge in [-0.1, -0.05) is 13.3 Å². The Balaban J connectivity index is 1.62. The third kappa shape index (κ3) is 5.81. The SMILES string of the molecule is CCCCOc1ccc(OCCNC(=O)[C@@H]2CCC(=O)N2)cc1. The summed E-state index contributed by atoms with van der Waals surface area (Å²) in [5.41, 5.74) is 0. The van der Waals surface area contributed by atoms with E-state index in [0.29, 0.717) is 26.0 Å². The van der Waals surface area contributed by atoms with E-state index in [-0.39, 0.29) is 11.8 Å². The van der Waals surface area contributed by atoms with Crippen LogP contribution in [0.5, 0.6) is 11.5 Å². The van der Waals surface area contributed by atoms with Crippen molar-refractivity contribution in [1.82, 2.24) is 10.6 Å². The molecule has 1 aliphatic heterocycles. The molecule has 2 rings (SSSR count). The molecule has 0 spiro atoms. The summed E-state index contributed by atoms with van der Waals surface area (Å²) in [7, 11) is 0. The molecule has 0 unspecified atom stereocenters. The number of ether oxygens (including phenoxy) is 2. The van der Waals surface area contributed by atoms with Gasteiger partial charge in [-0.05, 0) is 37.1 Å². The van der Waals surface area contributed by atoms with E-state index in [1.807, 2.05) is 24.3 Å². The predicted octanol–water partition coefficient (Wildman–Crippen LogP) is 1.64. The first-order chi connectivity index (χ1) is 11.2. The maximum atomic E-state index is 11.8. The van der Waals surface area contributed by atoms with Crippen molar-refractivity contribution >= 4 is 11.8 Å². The Morgan fingerprint density at radius 3 is 2.43 bits per heavy atom. The average Bonchev–Trinajstić information content (AvgIpc) is 2.99. The number of amides is 2. The summed E-state index contributed by atoms with van der Waals surface area (Å²) >= 11 is 0. The second-order valence-electron chi connectivity index (χ2n) is 5.47. The van der Waals surface area contributed by atoms with Gasteiger partial charge >= 0.3 is 0 Å². The lowest BCUT2D eigenvalue weighted by atomic mass is 10.2. The largest absolute Gasteiger partial charge is 0.494 e. The minimum absolute atomic E-state index is 0.0670. The van der Waals surface area contributed by atoms with E-state index in [9.17, 15) is 9.59 Å². The highest BCUT2D eigenvalue weighted by Crippen LogP contribution is 2.17. The number of unbranched alkanes of at least 4 members (excludes halogenated alkanes) is 1. The maximum Gasteiger partial charge on any atom is 0.242 e. The third-order valence-corrected chi connectivity index (χ3v) is 3.57. The van der Waals surface area contributed by atoms with Gasteiger partial charge in [-0.25, -0.2) is 0 Å². The molecular formula is C17H24N2O4. The summed E-state index contributed by atoms with van der Waals surface area (Å²) in [5, 5.41) is 5.39. The molecule has 1 aliphatic rings. The van der Waals surface area contributed by atoms with Gasteiger partial charge in [0, 0.05) is 6.42 Å². The number of carbonyl (C=O) groups is 2. The highest BCUT2D eigenvalue weighted by atomic mass is 16.5. The number of hydrogen-bond donors (Lipinski definition) is 2. The zero-order valence-electron chi connectivity index (χ0n) is 13.5. The van der Waals surface area contributed by atoms with Crippen molar-refractivity contribution in [2.75, 3.05) is 19.8 Å². The molecule has 0 aliphatic carbocycles. The Bertz CT molecular complexity index is 516. The van der Waals surface area contributed by atoms with Crippen LogP contribution in [0.15, 0.2) is 24.3 Å². The van der Waals surface area contributed by atoms with Crippen LogP contribution in [0.25, 0.3) is 0 Å². The topological polar surface area (TPSA) is 76.7 Å². The van der Waals surface area contributed by atoms with E-state index >= 15 is 0 Å². The van der Waals surface area contributed by atoms with Crippen LogP contribution in [0.4, 0.5) is 0 Å². The van der Waals surface area contributed by atoms with Crippen LogP contribution in [0, 0.1) is 0 Å². The highest BCUT2D eigenvalue weighted by molar-refractivity contribution is 5.90. The van der Waals surface area contributed by atoms with Gasteiger partial charge < -0.3 is 20.1 Å². The fourth-order valence-electron chi connectivity index (χ4n) is 2.24. The lowest BCUT2D eigenvalue weighted by Crippen LogP contribution is -2.42. The van der Waals surface area contributed by atoms with Crippen molar-refractivity contribution in [3.05, 3.63) is 24.3 Å². The lowest BCUT2D eigenvalue weighted by Gasteiger charge is -2.12. The van der Waals surface area contributed by atoms with E-state index in [2.05, 4.69) is 17.6 Å². The highest BCUT2D eigenvalue weighted by Gasteiger charge is 2.26. The van der Waals surface area contributed by atoms with E-state index in [1.165, 1.54) is 0 Å². The Hall–Kier alpha value is -2.24. The van der Waals surface area contributed by atoms with Crippen LogP contribution in [-0.4, -0.2) is 37.6 Å². The monoisotopic (exact) mass is 320 g/mol. The summed E-state index contributed by atoms with van der Waals surface area (Å²) in [4.78, 5) is 22.8. The maximum absolute atomic E-state index is 11.8. The van der Waals surface area contributed by atoms with Crippen molar-refractivity contribution in [1.29, 1.82) is 0 Å². The first kappa shape index (κ1) is 17.1. The summed E-state index contributed by atoms with van der Waals surface area (Å²) in [6.45, 7) is 3.63. The molecule has 1 heterocycles. The molecule has 6 heteroatoms. The summed E-state index contributed by atoms with van der Waals surface area (Å²) in [6.07, 6.45) is 3.13. The van der Waals surface area contributed by atoms with Gasteiger partial charge in [0.15, 0.2) is 0 Å². The molecular weight excluding hydrogens is 296 g/mol. The number of rotatable bonds is 9. The Morgan fingerprint density at radius 1 is 1.22 bits per heavy atom. The van der Waals surface area contributed by atoms with E-state index in [4.69, 9.17) is 9.47 Å². The summed E-state index contributed by atoms with van der Waals surface area (Å²) < 4.78 is 11.1. The summed E-state index contributed by atoms with van der Waals surface area (Å²) in [6, 6.07) is 7.04. The van der Waals surface area contributed by atoms with Gasteiger partial charge in [0.2, 0.25) is 11.8 Å².